The number of benzene rings is 1. The van der Waals surface area contributed by atoms with Crippen molar-refractivity contribution >= 4 is 21.1 Å². The van der Waals surface area contributed by atoms with Crippen LogP contribution in [-0.4, -0.2) is 27.2 Å². The van der Waals surface area contributed by atoms with Gasteiger partial charge in [-0.05, 0) is 47.4 Å². The van der Waals surface area contributed by atoms with Crippen molar-refractivity contribution in [2.75, 3.05) is 0 Å². The highest BCUT2D eigenvalue weighted by molar-refractivity contribution is 7.90. The number of nitrogens with zero attached hydrogens (tertiary/aromatic N) is 4. The molecule has 0 N–H and O–H groups in total. The molecule has 3 aromatic heterocycles. The van der Waals surface area contributed by atoms with Gasteiger partial charge in [0.15, 0.2) is 5.65 Å². The van der Waals surface area contributed by atoms with E-state index in [4.69, 9.17) is 4.98 Å². The van der Waals surface area contributed by atoms with Crippen LogP contribution in [0.25, 0.3) is 22.2 Å². The summed E-state index contributed by atoms with van der Waals surface area (Å²) < 4.78 is 30.1. The summed E-state index contributed by atoms with van der Waals surface area (Å²) in [4.78, 5) is 4.99. The molecule has 0 saturated heterocycles. The van der Waals surface area contributed by atoms with E-state index in [1.807, 2.05) is 25.5 Å². The van der Waals surface area contributed by atoms with Gasteiger partial charge in [-0.15, -0.1) is 0 Å². The molecule has 0 spiro atoms. The number of hydrogen-bond donors (Lipinski definition) is 0. The van der Waals surface area contributed by atoms with Crippen molar-refractivity contribution in [2.24, 2.45) is 18.4 Å². The minimum Gasteiger partial charge on any atom is -0.275 e. The van der Waals surface area contributed by atoms with Crippen molar-refractivity contribution in [3.05, 3.63) is 66.7 Å². The first-order valence-corrected chi connectivity index (χ1v) is 12.9. The quantitative estimate of drug-likeness (QED) is 0.396. The first-order valence-electron chi connectivity index (χ1n) is 11.5. The Morgan fingerprint density at radius 1 is 1.06 bits per heavy atom. The van der Waals surface area contributed by atoms with E-state index in [1.165, 1.54) is 22.4 Å². The van der Waals surface area contributed by atoms with Gasteiger partial charge in [-0.3, -0.25) is 4.68 Å². The van der Waals surface area contributed by atoms with Crippen molar-refractivity contribution in [2.45, 2.75) is 50.8 Å². The zero-order valence-electron chi connectivity index (χ0n) is 19.6. The Balaban J connectivity index is 1.73. The normalized spacial score (nSPS) is 20.8. The lowest BCUT2D eigenvalue weighted by Crippen LogP contribution is -2.33. The van der Waals surface area contributed by atoms with E-state index in [9.17, 15) is 8.42 Å². The molecule has 6 nitrogen and oxygen atoms in total. The largest absolute Gasteiger partial charge is 0.275 e. The summed E-state index contributed by atoms with van der Waals surface area (Å²) in [6.45, 7) is 7.03. The second-order valence-corrected chi connectivity index (χ2v) is 11.7. The number of pyridine rings is 1. The standard InChI is InChI=1S/C26H30N4O2S/c1-18-9-8-12-24(26(18,2)3)19-13-22-23(20-15-28-29(4)16-20)17-30(25(22)27-14-19)33(31,32)21-10-6-5-7-11-21/h5-7,10-11,13-18,24H,8-9,12H2,1-4H3. The van der Waals surface area contributed by atoms with Crippen LogP contribution < -0.4 is 0 Å². The van der Waals surface area contributed by atoms with Crippen molar-refractivity contribution in [3.63, 3.8) is 0 Å². The molecule has 5 rings (SSSR count). The van der Waals surface area contributed by atoms with E-state index in [-0.39, 0.29) is 10.3 Å². The lowest BCUT2D eigenvalue weighted by molar-refractivity contribution is 0.120. The molecule has 0 amide bonds. The van der Waals surface area contributed by atoms with Crippen LogP contribution in [0.15, 0.2) is 66.1 Å². The van der Waals surface area contributed by atoms with Gasteiger partial charge >= 0.3 is 0 Å². The highest BCUT2D eigenvalue weighted by Crippen LogP contribution is 2.50. The van der Waals surface area contributed by atoms with Gasteiger partial charge in [0.2, 0.25) is 0 Å². The van der Waals surface area contributed by atoms with Crippen molar-refractivity contribution in [1.29, 1.82) is 0 Å². The average Bonchev–Trinajstić information content (AvgIpc) is 3.39. The van der Waals surface area contributed by atoms with Crippen LogP contribution in [-0.2, 0) is 17.1 Å². The summed E-state index contributed by atoms with van der Waals surface area (Å²) in [5.74, 6) is 1.00. The molecule has 7 heteroatoms. The van der Waals surface area contributed by atoms with E-state index in [0.29, 0.717) is 17.5 Å². The molecule has 0 aliphatic heterocycles. The van der Waals surface area contributed by atoms with Gasteiger partial charge in [-0.1, -0.05) is 51.8 Å². The first-order chi connectivity index (χ1) is 15.7. The summed E-state index contributed by atoms with van der Waals surface area (Å²) in [5, 5.41) is 5.15. The zero-order chi connectivity index (χ0) is 23.4. The van der Waals surface area contributed by atoms with Gasteiger partial charge in [0.25, 0.3) is 10.0 Å². The topological polar surface area (TPSA) is 69.8 Å². The van der Waals surface area contributed by atoms with Gasteiger partial charge < -0.3 is 0 Å². The summed E-state index contributed by atoms with van der Waals surface area (Å²) >= 11 is 0. The molecule has 172 valence electrons. The predicted molar refractivity (Wildman–Crippen MR) is 130 cm³/mol. The molecule has 1 saturated carbocycles. The van der Waals surface area contributed by atoms with E-state index in [0.717, 1.165) is 22.9 Å². The number of rotatable bonds is 4. The van der Waals surface area contributed by atoms with E-state index >= 15 is 0 Å². The van der Waals surface area contributed by atoms with E-state index in [2.05, 4.69) is 31.9 Å². The lowest BCUT2D eigenvalue weighted by atomic mass is 9.61. The Bertz CT molecular complexity index is 1420. The Morgan fingerprint density at radius 3 is 2.52 bits per heavy atom. The predicted octanol–water partition coefficient (Wildman–Crippen LogP) is 5.60. The summed E-state index contributed by atoms with van der Waals surface area (Å²) in [6.07, 6.45) is 10.8. The number of aromatic nitrogens is 4. The Morgan fingerprint density at radius 2 is 1.82 bits per heavy atom. The fraction of sp³-hybridized carbons (Fsp3) is 0.385. The van der Waals surface area contributed by atoms with E-state index < -0.39 is 10.0 Å². The molecule has 2 unspecified atom stereocenters. The maximum Gasteiger partial charge on any atom is 0.269 e. The van der Waals surface area contributed by atoms with Gasteiger partial charge in [-0.25, -0.2) is 17.4 Å². The van der Waals surface area contributed by atoms with Gasteiger partial charge in [0.05, 0.1) is 11.1 Å². The second kappa shape index (κ2) is 7.83. The summed E-state index contributed by atoms with van der Waals surface area (Å²) in [6, 6.07) is 10.7. The number of fused-ring (bicyclic) bond motifs is 1. The third kappa shape index (κ3) is 3.59. The van der Waals surface area contributed by atoms with Crippen LogP contribution in [0.5, 0.6) is 0 Å². The van der Waals surface area contributed by atoms with Crippen LogP contribution in [0.3, 0.4) is 0 Å². The highest BCUT2D eigenvalue weighted by atomic mass is 32.2. The smallest absolute Gasteiger partial charge is 0.269 e. The van der Waals surface area contributed by atoms with Crippen LogP contribution >= 0.6 is 0 Å². The van der Waals surface area contributed by atoms with Crippen molar-refractivity contribution in [3.8, 4) is 11.1 Å². The van der Waals surface area contributed by atoms with Crippen molar-refractivity contribution < 1.29 is 8.42 Å². The van der Waals surface area contributed by atoms with E-state index in [1.54, 1.807) is 41.3 Å². The third-order valence-corrected chi connectivity index (χ3v) is 9.31. The first kappa shape index (κ1) is 21.9. The van der Waals surface area contributed by atoms with Crippen molar-refractivity contribution in [1.82, 2.24) is 18.7 Å². The molecule has 2 atom stereocenters. The molecule has 4 aromatic rings. The molecule has 1 fully saturated rings. The molecular weight excluding hydrogens is 432 g/mol. The molecule has 0 bridgehead atoms. The lowest BCUT2D eigenvalue weighted by Gasteiger charge is -2.44. The van der Waals surface area contributed by atoms with Gasteiger partial charge in [0.1, 0.15) is 0 Å². The van der Waals surface area contributed by atoms with Crippen LogP contribution in [0, 0.1) is 11.3 Å². The van der Waals surface area contributed by atoms with Gasteiger partial charge in [0, 0.05) is 42.2 Å². The fourth-order valence-corrected chi connectivity index (χ4v) is 6.62. The number of aryl methyl sites for hydroxylation is 1. The monoisotopic (exact) mass is 462 g/mol. The Labute approximate surface area is 195 Å². The fourth-order valence-electron chi connectivity index (χ4n) is 5.28. The van der Waals surface area contributed by atoms with Crippen LogP contribution in [0.2, 0.25) is 0 Å². The van der Waals surface area contributed by atoms with Crippen LogP contribution in [0.4, 0.5) is 0 Å². The maximum atomic E-state index is 13.5. The maximum absolute atomic E-state index is 13.5. The summed E-state index contributed by atoms with van der Waals surface area (Å²) in [5.41, 5.74) is 3.48. The molecule has 1 aromatic carbocycles. The molecule has 1 aliphatic rings. The van der Waals surface area contributed by atoms with Gasteiger partial charge in [-0.2, -0.15) is 5.10 Å². The minimum absolute atomic E-state index is 0.154. The molecule has 33 heavy (non-hydrogen) atoms. The SMILES string of the molecule is CC1CCCC(c2cnc3c(c2)c(-c2cnn(C)c2)cn3S(=O)(=O)c2ccccc2)C1(C)C. The zero-order valence-corrected chi connectivity index (χ0v) is 20.4. The third-order valence-electron chi connectivity index (χ3n) is 7.65. The Hall–Kier alpha value is -2.93. The number of hydrogen-bond acceptors (Lipinski definition) is 4. The van der Waals surface area contributed by atoms with Crippen LogP contribution in [0.1, 0.15) is 51.5 Å². The summed E-state index contributed by atoms with van der Waals surface area (Å²) in [7, 11) is -1.93. The molecule has 0 radical (unpaired) electrons. The Kier molecular flexibility index (Phi) is 5.20. The minimum atomic E-state index is -3.79. The average molecular weight is 463 g/mol. The highest BCUT2D eigenvalue weighted by Gasteiger charge is 2.39. The second-order valence-electron chi connectivity index (χ2n) is 9.91. The molecular formula is C26H30N4O2S. The molecule has 3 heterocycles. The molecule has 1 aliphatic carbocycles.